The van der Waals surface area contributed by atoms with E-state index < -0.39 is 5.97 Å². The summed E-state index contributed by atoms with van der Waals surface area (Å²) in [4.78, 5) is 9.97. The minimum Gasteiger partial charge on any atom is -0.429 e. The number of ether oxygens (including phenoxy) is 1. The van der Waals surface area contributed by atoms with E-state index in [1.807, 2.05) is 0 Å². The average molecular weight is 131 g/mol. The van der Waals surface area contributed by atoms with E-state index >= 15 is 0 Å². The minimum absolute atomic E-state index is 0.323. The van der Waals surface area contributed by atoms with E-state index in [9.17, 15) is 4.79 Å². The van der Waals surface area contributed by atoms with Gasteiger partial charge in [-0.25, -0.2) is 0 Å². The predicted octanol–water partition coefficient (Wildman–Crippen LogP) is 0.0343. The predicted molar refractivity (Wildman–Crippen MR) is 28.3 cm³/mol. The molecule has 0 bridgehead atoms. The van der Waals surface area contributed by atoms with Crippen LogP contribution in [0, 0.1) is 6.29 Å². The first-order chi connectivity index (χ1) is 4.13. The molecule has 0 aromatic heterocycles. The molecule has 0 spiro atoms. The summed E-state index contributed by atoms with van der Waals surface area (Å²) in [6.07, 6.45) is -0.323. The Morgan fingerprint density at radius 1 is 1.67 bits per heavy atom. The van der Waals surface area contributed by atoms with Crippen molar-refractivity contribution in [2.75, 3.05) is 0 Å². The Bertz CT molecular complexity index is 116. The van der Waals surface area contributed by atoms with E-state index in [0.29, 0.717) is 0 Å². The van der Waals surface area contributed by atoms with E-state index in [-0.39, 0.29) is 6.29 Å². The molecule has 51 valence electrons. The van der Waals surface area contributed by atoms with Gasteiger partial charge in [0, 0.05) is 6.92 Å². The fourth-order valence-corrected chi connectivity index (χ4v) is 0.140. The minimum atomic E-state index is -0.545. The highest BCUT2D eigenvalue weighted by Gasteiger charge is 1.95. The van der Waals surface area contributed by atoms with Crippen LogP contribution in [0.4, 0.5) is 0 Å². The zero-order chi connectivity index (χ0) is 7.28. The third kappa shape index (κ3) is 7.10. The molecule has 1 N–H and O–H groups in total. The maximum Gasteiger partial charge on any atom is 0.423 e. The van der Waals surface area contributed by atoms with Crippen LogP contribution in [-0.4, -0.2) is 17.5 Å². The van der Waals surface area contributed by atoms with Crippen molar-refractivity contribution in [3.05, 3.63) is 6.29 Å². The molecule has 0 saturated carbocycles. The van der Waals surface area contributed by atoms with Crippen molar-refractivity contribution in [1.29, 1.82) is 0 Å². The number of hydrogen-bond acceptors (Lipinski definition) is 3. The van der Waals surface area contributed by atoms with Gasteiger partial charge >= 0.3 is 12.8 Å². The molecule has 0 saturated heterocycles. The van der Waals surface area contributed by atoms with Gasteiger partial charge in [0.1, 0.15) is 0 Å². The summed E-state index contributed by atoms with van der Waals surface area (Å²) >= 11 is 0. The maximum absolute atomic E-state index is 9.97. The smallest absolute Gasteiger partial charge is 0.423 e. The van der Waals surface area contributed by atoms with E-state index in [4.69, 9.17) is 5.11 Å². The largest absolute Gasteiger partial charge is 0.429 e. The van der Waals surface area contributed by atoms with Crippen molar-refractivity contribution in [2.45, 2.75) is 13.8 Å². The van der Waals surface area contributed by atoms with Crippen LogP contribution in [0.25, 0.3) is 0 Å². The SMILES string of the molecule is C[C](O)[O+]=[C-]OC(C)=O. The first-order valence-corrected chi connectivity index (χ1v) is 2.24. The van der Waals surface area contributed by atoms with E-state index in [2.05, 4.69) is 9.16 Å². The molecule has 0 unspecified atom stereocenters. The molecule has 4 nitrogen and oxygen atoms in total. The Kier molecular flexibility index (Phi) is 3.62. The van der Waals surface area contributed by atoms with Crippen molar-refractivity contribution < 1.29 is 19.1 Å². The van der Waals surface area contributed by atoms with Gasteiger partial charge in [-0.2, -0.15) is 0 Å². The fourth-order valence-electron chi connectivity index (χ4n) is 0.140. The Hall–Kier alpha value is -0.900. The van der Waals surface area contributed by atoms with Crippen LogP contribution in [0.2, 0.25) is 0 Å². The summed E-state index contributed by atoms with van der Waals surface area (Å²) in [6.45, 7) is 4.23. The van der Waals surface area contributed by atoms with Crippen molar-refractivity contribution in [2.24, 2.45) is 0 Å². The van der Waals surface area contributed by atoms with Crippen LogP contribution in [0.5, 0.6) is 0 Å². The van der Waals surface area contributed by atoms with Crippen molar-refractivity contribution in [3.63, 3.8) is 0 Å². The molecule has 0 rings (SSSR count). The standard InChI is InChI=1S/C5H7O4/c1-4(6)8-3-9-5(2)7/h6H,1-2H3. The number of rotatable bonds is 2. The third-order valence-corrected chi connectivity index (χ3v) is 0.375. The van der Waals surface area contributed by atoms with Crippen LogP contribution in [0.1, 0.15) is 13.8 Å². The number of aliphatic hydroxyl groups excluding tert-OH is 1. The summed E-state index contributed by atoms with van der Waals surface area (Å²) in [5.74, 6) is -0.545. The molecule has 0 aliphatic carbocycles. The molecule has 0 heterocycles. The first-order valence-electron chi connectivity index (χ1n) is 2.24. The van der Waals surface area contributed by atoms with E-state index in [1.54, 1.807) is 6.47 Å². The number of aliphatic hydroxyl groups is 1. The van der Waals surface area contributed by atoms with Crippen LogP contribution in [0.15, 0.2) is 0 Å². The normalized spacial score (nSPS) is 10.7. The lowest BCUT2D eigenvalue weighted by Crippen LogP contribution is -1.98. The van der Waals surface area contributed by atoms with Crippen LogP contribution >= 0.6 is 0 Å². The third-order valence-electron chi connectivity index (χ3n) is 0.375. The van der Waals surface area contributed by atoms with E-state index in [1.165, 1.54) is 13.8 Å². The Morgan fingerprint density at radius 3 is 2.56 bits per heavy atom. The number of carbonyl (C=O) groups excluding carboxylic acids is 2. The van der Waals surface area contributed by atoms with Gasteiger partial charge in [-0.05, 0) is 6.92 Å². The highest BCUT2D eigenvalue weighted by atomic mass is 16.6. The second kappa shape index (κ2) is 4.03. The molecule has 0 aromatic carbocycles. The summed E-state index contributed by atoms with van der Waals surface area (Å²) in [7, 11) is 0. The van der Waals surface area contributed by atoms with Crippen molar-refractivity contribution >= 4 is 12.4 Å². The average Bonchev–Trinajstić information content (AvgIpc) is 1.63. The molecular weight excluding hydrogens is 124 g/mol. The van der Waals surface area contributed by atoms with Crippen LogP contribution in [-0.2, 0) is 14.0 Å². The second-order valence-electron chi connectivity index (χ2n) is 1.30. The highest BCUT2D eigenvalue weighted by Crippen LogP contribution is 1.82. The molecule has 0 amide bonds. The molecular formula is C5H7O4. The monoisotopic (exact) mass is 131 g/mol. The summed E-state index contributed by atoms with van der Waals surface area (Å²) in [6, 6.07) is 0. The van der Waals surface area contributed by atoms with Crippen molar-refractivity contribution in [3.8, 4) is 0 Å². The molecule has 0 fully saturated rings. The maximum atomic E-state index is 9.97. The van der Waals surface area contributed by atoms with Gasteiger partial charge in [-0.3, -0.25) is 0 Å². The Labute approximate surface area is 52.7 Å². The first kappa shape index (κ1) is 8.10. The molecule has 0 aliphatic rings. The van der Waals surface area contributed by atoms with Crippen molar-refractivity contribution in [1.82, 2.24) is 0 Å². The van der Waals surface area contributed by atoms with Gasteiger partial charge in [0.15, 0.2) is 0 Å². The van der Waals surface area contributed by atoms with E-state index in [0.717, 1.165) is 0 Å². The molecule has 1 radical (unpaired) electrons. The van der Waals surface area contributed by atoms with Gasteiger partial charge < -0.3 is 19.1 Å². The lowest BCUT2D eigenvalue weighted by atomic mass is 10.8. The van der Waals surface area contributed by atoms with Gasteiger partial charge in [0.05, 0.1) is 0 Å². The van der Waals surface area contributed by atoms with Gasteiger partial charge in [0.25, 0.3) is 5.97 Å². The Balaban J connectivity index is 3.36. The number of esters is 1. The van der Waals surface area contributed by atoms with Gasteiger partial charge in [-0.15, -0.1) is 0 Å². The Morgan fingerprint density at radius 2 is 2.22 bits per heavy atom. The highest BCUT2D eigenvalue weighted by molar-refractivity contribution is 5.74. The van der Waals surface area contributed by atoms with Crippen LogP contribution in [0.3, 0.4) is 0 Å². The zero-order valence-corrected chi connectivity index (χ0v) is 5.17. The second-order valence-corrected chi connectivity index (χ2v) is 1.30. The molecule has 0 aromatic rings. The quantitative estimate of drug-likeness (QED) is 0.249. The number of hydrogen-bond donors (Lipinski definition) is 1. The molecule has 9 heavy (non-hydrogen) atoms. The van der Waals surface area contributed by atoms with Gasteiger partial charge in [0.2, 0.25) is 0 Å². The summed E-state index contributed by atoms with van der Waals surface area (Å²) < 4.78 is 8.19. The molecule has 4 heteroatoms. The summed E-state index contributed by atoms with van der Waals surface area (Å²) in [5, 5.41) is 8.31. The lowest BCUT2D eigenvalue weighted by Gasteiger charge is -1.88. The molecule has 0 aliphatic heterocycles. The number of carbonyl (C=O) groups is 1. The fraction of sp³-hybridized carbons (Fsp3) is 0.400. The topological polar surface area (TPSA) is 57.8 Å². The summed E-state index contributed by atoms with van der Waals surface area (Å²) in [5.41, 5.74) is 0. The zero-order valence-electron chi connectivity index (χ0n) is 5.17. The molecule has 0 atom stereocenters. The lowest BCUT2D eigenvalue weighted by molar-refractivity contribution is -0.135. The van der Waals surface area contributed by atoms with Gasteiger partial charge in [-0.1, -0.05) is 0 Å². The van der Waals surface area contributed by atoms with Crippen LogP contribution < -0.4 is 0 Å².